The second-order valence-electron chi connectivity index (χ2n) is 6.87. The minimum absolute atomic E-state index is 0.0549. The Bertz CT molecular complexity index is 1060. The van der Waals surface area contributed by atoms with Gasteiger partial charge in [-0.2, -0.15) is 5.10 Å². The van der Waals surface area contributed by atoms with Crippen LogP contribution >= 0.6 is 11.6 Å². The summed E-state index contributed by atoms with van der Waals surface area (Å²) in [7, 11) is 1.79. The predicted octanol–water partition coefficient (Wildman–Crippen LogP) is 3.79. The van der Waals surface area contributed by atoms with E-state index in [1.54, 1.807) is 35.0 Å². The van der Waals surface area contributed by atoms with Gasteiger partial charge in [0, 0.05) is 30.4 Å². The third-order valence-electron chi connectivity index (χ3n) is 4.80. The lowest BCUT2D eigenvalue weighted by atomic mass is 10.0. The normalized spacial score (nSPS) is 13.6. The summed E-state index contributed by atoms with van der Waals surface area (Å²) in [6.07, 6.45) is 1.73. The van der Waals surface area contributed by atoms with E-state index in [0.717, 1.165) is 16.7 Å². The number of amides is 1. The molecule has 1 N–H and O–H groups in total. The molecule has 0 radical (unpaired) electrons. The summed E-state index contributed by atoms with van der Waals surface area (Å²) in [6.45, 7) is 2.89. The highest BCUT2D eigenvalue weighted by atomic mass is 35.5. The van der Waals surface area contributed by atoms with Gasteiger partial charge >= 0.3 is 0 Å². The van der Waals surface area contributed by atoms with Crippen LogP contribution in [0.1, 0.15) is 21.6 Å². The molecule has 4 rings (SSSR count). The SMILES string of the molecule is Cc1nn(C)cc1C(=O)N1CCOc2c(O)cc(-c3cccc(Cl)c3)cc2C1. The largest absolute Gasteiger partial charge is 0.504 e. The van der Waals surface area contributed by atoms with E-state index in [-0.39, 0.29) is 11.7 Å². The molecule has 0 spiro atoms. The number of hydrogen-bond acceptors (Lipinski definition) is 4. The molecule has 6 nitrogen and oxygen atoms in total. The first-order chi connectivity index (χ1) is 13.4. The summed E-state index contributed by atoms with van der Waals surface area (Å²) < 4.78 is 7.39. The number of benzene rings is 2. The van der Waals surface area contributed by atoms with Crippen LogP contribution in [-0.2, 0) is 13.6 Å². The lowest BCUT2D eigenvalue weighted by Crippen LogP contribution is -2.32. The maximum atomic E-state index is 13.0. The van der Waals surface area contributed by atoms with Crippen LogP contribution in [0.4, 0.5) is 0 Å². The number of aromatic nitrogens is 2. The van der Waals surface area contributed by atoms with Crippen molar-refractivity contribution in [1.82, 2.24) is 14.7 Å². The van der Waals surface area contributed by atoms with Gasteiger partial charge in [0.1, 0.15) is 6.61 Å². The molecule has 2 aromatic carbocycles. The Labute approximate surface area is 167 Å². The summed E-state index contributed by atoms with van der Waals surface area (Å²) in [5, 5.41) is 15.4. The van der Waals surface area contributed by atoms with Gasteiger partial charge in [0.15, 0.2) is 11.5 Å². The van der Waals surface area contributed by atoms with Gasteiger partial charge < -0.3 is 14.7 Å². The zero-order valence-corrected chi connectivity index (χ0v) is 16.4. The first-order valence-corrected chi connectivity index (χ1v) is 9.34. The average Bonchev–Trinajstić information content (AvgIpc) is 2.87. The molecule has 144 valence electrons. The second kappa shape index (κ2) is 7.20. The van der Waals surface area contributed by atoms with E-state index < -0.39 is 0 Å². The number of halogens is 1. The van der Waals surface area contributed by atoms with Crippen molar-refractivity contribution < 1.29 is 14.6 Å². The van der Waals surface area contributed by atoms with Gasteiger partial charge in [-0.1, -0.05) is 23.7 Å². The number of carbonyl (C=O) groups is 1. The predicted molar refractivity (Wildman–Crippen MR) is 107 cm³/mol. The molecule has 1 aliphatic rings. The van der Waals surface area contributed by atoms with Crippen molar-refractivity contribution in [1.29, 1.82) is 0 Å². The fraction of sp³-hybridized carbons (Fsp3) is 0.238. The van der Waals surface area contributed by atoms with Crippen molar-refractivity contribution in [3.8, 4) is 22.6 Å². The fourth-order valence-electron chi connectivity index (χ4n) is 3.49. The number of aryl methyl sites for hydroxylation is 2. The molecule has 1 aromatic heterocycles. The van der Waals surface area contributed by atoms with Gasteiger partial charge in [-0.05, 0) is 42.3 Å². The van der Waals surface area contributed by atoms with Gasteiger partial charge in [0.25, 0.3) is 5.91 Å². The number of phenols is 1. The number of nitrogens with zero attached hydrogens (tertiary/aromatic N) is 3. The van der Waals surface area contributed by atoms with E-state index in [9.17, 15) is 9.90 Å². The van der Waals surface area contributed by atoms with Gasteiger partial charge in [-0.15, -0.1) is 0 Å². The highest BCUT2D eigenvalue weighted by molar-refractivity contribution is 6.30. The number of ether oxygens (including phenoxy) is 1. The molecule has 7 heteroatoms. The molecular formula is C21H20ClN3O3. The Kier molecular flexibility index (Phi) is 4.73. The Balaban J connectivity index is 1.70. The van der Waals surface area contributed by atoms with E-state index in [1.807, 2.05) is 31.2 Å². The van der Waals surface area contributed by atoms with Crippen molar-refractivity contribution >= 4 is 17.5 Å². The van der Waals surface area contributed by atoms with Gasteiger partial charge in [0.05, 0.1) is 17.8 Å². The minimum Gasteiger partial charge on any atom is -0.504 e. The van der Waals surface area contributed by atoms with Crippen LogP contribution in [0.15, 0.2) is 42.6 Å². The van der Waals surface area contributed by atoms with Gasteiger partial charge in [0.2, 0.25) is 0 Å². The zero-order chi connectivity index (χ0) is 19.8. The van der Waals surface area contributed by atoms with E-state index >= 15 is 0 Å². The Hall–Kier alpha value is -2.99. The Morgan fingerprint density at radius 2 is 2.07 bits per heavy atom. The number of carbonyl (C=O) groups excluding carboxylic acids is 1. The molecule has 0 bridgehead atoms. The molecule has 0 fully saturated rings. The molecule has 1 amide bonds. The number of phenolic OH excluding ortho intramolecular Hbond substituents is 1. The molecule has 2 heterocycles. The Morgan fingerprint density at radius 3 is 2.79 bits per heavy atom. The van der Waals surface area contributed by atoms with E-state index in [4.69, 9.17) is 16.3 Å². The monoisotopic (exact) mass is 397 g/mol. The molecule has 28 heavy (non-hydrogen) atoms. The Morgan fingerprint density at radius 1 is 1.25 bits per heavy atom. The standard InChI is InChI=1S/C21H20ClN3O3/c1-13-18(12-24(2)23-13)21(27)25-6-7-28-20-16(11-25)8-15(10-19(20)26)14-4-3-5-17(22)9-14/h3-5,8-10,12,26H,6-7,11H2,1-2H3. The lowest BCUT2D eigenvalue weighted by Gasteiger charge is -2.19. The maximum absolute atomic E-state index is 13.0. The number of fused-ring (bicyclic) bond motifs is 1. The lowest BCUT2D eigenvalue weighted by molar-refractivity contribution is 0.0732. The summed E-state index contributed by atoms with van der Waals surface area (Å²) in [5.74, 6) is 0.373. The van der Waals surface area contributed by atoms with Gasteiger partial charge in [-0.25, -0.2) is 0 Å². The van der Waals surface area contributed by atoms with Crippen LogP contribution in [0.3, 0.4) is 0 Å². The number of aromatic hydroxyl groups is 1. The molecular weight excluding hydrogens is 378 g/mol. The molecule has 0 unspecified atom stereocenters. The van der Waals surface area contributed by atoms with Crippen LogP contribution in [0.25, 0.3) is 11.1 Å². The van der Waals surface area contributed by atoms with Crippen LogP contribution in [-0.4, -0.2) is 38.8 Å². The highest BCUT2D eigenvalue weighted by Gasteiger charge is 2.25. The summed E-state index contributed by atoms with van der Waals surface area (Å²) in [4.78, 5) is 14.7. The van der Waals surface area contributed by atoms with Crippen molar-refractivity contribution in [2.75, 3.05) is 13.2 Å². The molecule has 1 aliphatic heterocycles. The first-order valence-electron chi connectivity index (χ1n) is 8.96. The van der Waals surface area contributed by atoms with E-state index in [0.29, 0.717) is 41.7 Å². The highest BCUT2D eigenvalue weighted by Crippen LogP contribution is 2.38. The molecule has 3 aromatic rings. The van der Waals surface area contributed by atoms with Crippen molar-refractivity contribution in [3.05, 3.63) is 64.4 Å². The zero-order valence-electron chi connectivity index (χ0n) is 15.6. The van der Waals surface area contributed by atoms with Crippen LogP contribution in [0, 0.1) is 6.92 Å². The summed E-state index contributed by atoms with van der Waals surface area (Å²) in [6, 6.07) is 11.0. The number of hydrogen-bond donors (Lipinski definition) is 1. The van der Waals surface area contributed by atoms with Gasteiger partial charge in [-0.3, -0.25) is 9.48 Å². The van der Waals surface area contributed by atoms with E-state index in [2.05, 4.69) is 5.10 Å². The number of rotatable bonds is 2. The van der Waals surface area contributed by atoms with Crippen molar-refractivity contribution in [2.24, 2.45) is 7.05 Å². The van der Waals surface area contributed by atoms with Crippen LogP contribution in [0.5, 0.6) is 11.5 Å². The quantitative estimate of drug-likeness (QED) is 0.714. The third-order valence-corrected chi connectivity index (χ3v) is 5.04. The topological polar surface area (TPSA) is 67.6 Å². The first kappa shape index (κ1) is 18.4. The molecule has 0 saturated carbocycles. The average molecular weight is 398 g/mol. The third kappa shape index (κ3) is 3.43. The molecule has 0 aliphatic carbocycles. The fourth-order valence-corrected chi connectivity index (χ4v) is 3.68. The molecule has 0 atom stereocenters. The maximum Gasteiger partial charge on any atom is 0.257 e. The smallest absolute Gasteiger partial charge is 0.257 e. The van der Waals surface area contributed by atoms with Crippen molar-refractivity contribution in [3.63, 3.8) is 0 Å². The van der Waals surface area contributed by atoms with Crippen molar-refractivity contribution in [2.45, 2.75) is 13.5 Å². The second-order valence-corrected chi connectivity index (χ2v) is 7.31. The summed E-state index contributed by atoms with van der Waals surface area (Å²) >= 11 is 6.11. The van der Waals surface area contributed by atoms with Crippen LogP contribution < -0.4 is 4.74 Å². The van der Waals surface area contributed by atoms with E-state index in [1.165, 1.54) is 0 Å². The molecule has 0 saturated heterocycles. The minimum atomic E-state index is -0.102. The van der Waals surface area contributed by atoms with Crippen LogP contribution in [0.2, 0.25) is 5.02 Å². The summed E-state index contributed by atoms with van der Waals surface area (Å²) in [5.41, 5.74) is 3.71.